The van der Waals surface area contributed by atoms with E-state index in [0.29, 0.717) is 12.2 Å². The average Bonchev–Trinajstić information content (AvgIpc) is 3.35. The molecule has 3 fully saturated rings. The molecule has 2 aromatic carbocycles. The van der Waals surface area contributed by atoms with E-state index in [2.05, 4.69) is 34.5 Å². The van der Waals surface area contributed by atoms with E-state index in [-0.39, 0.29) is 11.8 Å². The molecule has 3 saturated heterocycles. The average molecular weight is 422 g/mol. The number of thioether (sulfide) groups is 1. The van der Waals surface area contributed by atoms with Crippen LogP contribution in [0.4, 0.5) is 11.4 Å². The molecule has 3 aliphatic rings. The van der Waals surface area contributed by atoms with Crippen molar-refractivity contribution in [2.45, 2.75) is 43.0 Å². The molecule has 5 rings (SSSR count). The Kier molecular flexibility index (Phi) is 5.19. The molecule has 30 heavy (non-hydrogen) atoms. The minimum atomic E-state index is -0.438. The molecule has 3 aliphatic heterocycles. The van der Waals surface area contributed by atoms with Crippen LogP contribution in [0, 0.1) is 0 Å². The normalized spacial score (nSPS) is 26.0. The van der Waals surface area contributed by atoms with Gasteiger partial charge in [0.25, 0.3) is 0 Å². The van der Waals surface area contributed by atoms with E-state index in [4.69, 9.17) is 0 Å². The van der Waals surface area contributed by atoms with Gasteiger partial charge in [-0.2, -0.15) is 0 Å². The highest BCUT2D eigenvalue weighted by Crippen LogP contribution is 2.54. The monoisotopic (exact) mass is 421 g/mol. The topological polar surface area (TPSA) is 52.7 Å². The number of hydrogen-bond acceptors (Lipinski definition) is 4. The van der Waals surface area contributed by atoms with E-state index < -0.39 is 10.9 Å². The minimum Gasteiger partial charge on any atom is -0.372 e. The summed E-state index contributed by atoms with van der Waals surface area (Å²) in [5, 5.41) is 3.05. The van der Waals surface area contributed by atoms with Gasteiger partial charge in [0.1, 0.15) is 10.9 Å². The summed E-state index contributed by atoms with van der Waals surface area (Å²) in [5.74, 6) is 0.601. The number of rotatable bonds is 4. The first-order valence-corrected chi connectivity index (χ1v) is 11.8. The fourth-order valence-corrected chi connectivity index (χ4v) is 6.62. The van der Waals surface area contributed by atoms with Crippen LogP contribution in [0.2, 0.25) is 0 Å². The summed E-state index contributed by atoms with van der Waals surface area (Å²) in [6.07, 6.45) is 5.05. The number of carbonyl (C=O) groups is 2. The predicted molar refractivity (Wildman–Crippen MR) is 122 cm³/mol. The van der Waals surface area contributed by atoms with Crippen molar-refractivity contribution in [3.8, 4) is 0 Å². The lowest BCUT2D eigenvalue weighted by atomic mass is 10.0. The van der Waals surface area contributed by atoms with Crippen molar-refractivity contribution in [2.75, 3.05) is 29.1 Å². The number of fused-ring (bicyclic) bond motifs is 1. The number of benzene rings is 2. The molecule has 6 heteroatoms. The molecular formula is C24H27N3O2S. The predicted octanol–water partition coefficient (Wildman–Crippen LogP) is 4.21. The second-order valence-corrected chi connectivity index (χ2v) is 9.62. The van der Waals surface area contributed by atoms with Crippen LogP contribution < -0.4 is 10.2 Å². The van der Waals surface area contributed by atoms with E-state index in [9.17, 15) is 9.59 Å². The standard InChI is InChI=1S/C24H27N3O2S/c28-22-13-14-24(18-7-3-1-4-8-18)27(22)21(17-30-24)23(29)25-19-9-11-20(12-10-19)26-15-5-2-6-16-26/h1,3-4,7-12,21H,2,5-6,13-17H2,(H,25,29)/t21-,24+/m0/s1. The largest absolute Gasteiger partial charge is 0.372 e. The van der Waals surface area contributed by atoms with Crippen molar-refractivity contribution in [2.24, 2.45) is 0 Å². The number of amides is 2. The first-order valence-electron chi connectivity index (χ1n) is 10.8. The van der Waals surface area contributed by atoms with Crippen molar-refractivity contribution in [1.82, 2.24) is 4.90 Å². The molecule has 0 spiro atoms. The van der Waals surface area contributed by atoms with Crippen LogP contribution in [0.25, 0.3) is 0 Å². The molecule has 1 N–H and O–H groups in total. The maximum absolute atomic E-state index is 13.1. The van der Waals surface area contributed by atoms with Gasteiger partial charge in [-0.3, -0.25) is 9.59 Å². The van der Waals surface area contributed by atoms with Crippen molar-refractivity contribution < 1.29 is 9.59 Å². The summed E-state index contributed by atoms with van der Waals surface area (Å²) >= 11 is 1.72. The summed E-state index contributed by atoms with van der Waals surface area (Å²) < 4.78 is 0. The smallest absolute Gasteiger partial charge is 0.248 e. The zero-order valence-electron chi connectivity index (χ0n) is 17.0. The van der Waals surface area contributed by atoms with Gasteiger partial charge in [0.15, 0.2) is 0 Å². The van der Waals surface area contributed by atoms with Gasteiger partial charge >= 0.3 is 0 Å². The summed E-state index contributed by atoms with van der Waals surface area (Å²) in [4.78, 5) is 29.7. The van der Waals surface area contributed by atoms with Gasteiger partial charge in [-0.1, -0.05) is 30.3 Å². The summed E-state index contributed by atoms with van der Waals surface area (Å²) in [7, 11) is 0. The maximum atomic E-state index is 13.1. The van der Waals surface area contributed by atoms with E-state index in [1.54, 1.807) is 11.8 Å². The van der Waals surface area contributed by atoms with Crippen LogP contribution in [-0.2, 0) is 14.5 Å². The van der Waals surface area contributed by atoms with Crippen LogP contribution in [0.5, 0.6) is 0 Å². The number of anilines is 2. The Morgan fingerprint density at radius 2 is 1.73 bits per heavy atom. The SMILES string of the molecule is O=C(Nc1ccc(N2CCCCC2)cc1)[C@@H]1CS[C@@]2(c3ccccc3)CCC(=O)N12. The Balaban J connectivity index is 1.31. The zero-order valence-corrected chi connectivity index (χ0v) is 17.9. The fourth-order valence-electron chi connectivity index (χ4n) is 4.97. The van der Waals surface area contributed by atoms with E-state index in [1.807, 2.05) is 35.2 Å². The highest BCUT2D eigenvalue weighted by atomic mass is 32.2. The molecule has 0 saturated carbocycles. The van der Waals surface area contributed by atoms with Gasteiger partial charge in [-0.05, 0) is 55.5 Å². The Bertz CT molecular complexity index is 927. The highest BCUT2D eigenvalue weighted by molar-refractivity contribution is 8.00. The van der Waals surface area contributed by atoms with Crippen LogP contribution in [0.15, 0.2) is 54.6 Å². The Morgan fingerprint density at radius 1 is 1.00 bits per heavy atom. The lowest BCUT2D eigenvalue weighted by Gasteiger charge is -2.34. The molecule has 2 atom stereocenters. The molecule has 156 valence electrons. The quantitative estimate of drug-likeness (QED) is 0.804. The molecule has 0 bridgehead atoms. The Labute approximate surface area is 181 Å². The van der Waals surface area contributed by atoms with Crippen LogP contribution in [0.1, 0.15) is 37.7 Å². The summed E-state index contributed by atoms with van der Waals surface area (Å²) in [5.41, 5.74) is 3.11. The van der Waals surface area contributed by atoms with Crippen LogP contribution >= 0.6 is 11.8 Å². The van der Waals surface area contributed by atoms with Crippen LogP contribution in [0.3, 0.4) is 0 Å². The molecule has 2 aromatic rings. The third-order valence-electron chi connectivity index (χ3n) is 6.51. The summed E-state index contributed by atoms with van der Waals surface area (Å²) in [6, 6.07) is 17.8. The van der Waals surface area contributed by atoms with Gasteiger partial charge in [0, 0.05) is 36.6 Å². The molecule has 0 aromatic heterocycles. The van der Waals surface area contributed by atoms with Gasteiger partial charge < -0.3 is 15.1 Å². The van der Waals surface area contributed by atoms with Gasteiger partial charge in [-0.15, -0.1) is 11.8 Å². The Hall–Kier alpha value is -2.47. The first-order chi connectivity index (χ1) is 14.7. The first kappa shape index (κ1) is 19.5. The van der Waals surface area contributed by atoms with Crippen molar-refractivity contribution in [3.05, 3.63) is 60.2 Å². The highest BCUT2D eigenvalue weighted by Gasteiger charge is 2.56. The van der Waals surface area contributed by atoms with Crippen molar-refractivity contribution >= 4 is 35.0 Å². The van der Waals surface area contributed by atoms with Gasteiger partial charge in [-0.25, -0.2) is 0 Å². The van der Waals surface area contributed by atoms with Gasteiger partial charge in [0.2, 0.25) is 11.8 Å². The molecule has 0 aliphatic carbocycles. The van der Waals surface area contributed by atoms with Crippen molar-refractivity contribution in [3.63, 3.8) is 0 Å². The fraction of sp³-hybridized carbons (Fsp3) is 0.417. The van der Waals surface area contributed by atoms with E-state index in [1.165, 1.54) is 24.9 Å². The lowest BCUT2D eigenvalue weighted by molar-refractivity contribution is -0.136. The number of nitrogens with one attached hydrogen (secondary N) is 1. The third-order valence-corrected chi connectivity index (χ3v) is 8.11. The Morgan fingerprint density at radius 3 is 2.47 bits per heavy atom. The third kappa shape index (κ3) is 3.37. The second-order valence-electron chi connectivity index (χ2n) is 8.32. The second kappa shape index (κ2) is 7.99. The van der Waals surface area contributed by atoms with E-state index in [0.717, 1.165) is 30.8 Å². The molecule has 3 heterocycles. The van der Waals surface area contributed by atoms with Crippen molar-refractivity contribution in [1.29, 1.82) is 0 Å². The molecule has 0 unspecified atom stereocenters. The summed E-state index contributed by atoms with van der Waals surface area (Å²) in [6.45, 7) is 2.20. The minimum absolute atomic E-state index is 0.0736. The number of piperidine rings is 1. The van der Waals surface area contributed by atoms with E-state index >= 15 is 0 Å². The molecule has 2 amide bonds. The maximum Gasteiger partial charge on any atom is 0.248 e. The number of nitrogens with zero attached hydrogens (tertiary/aromatic N) is 2. The number of hydrogen-bond donors (Lipinski definition) is 1. The number of carbonyl (C=O) groups excluding carboxylic acids is 2. The lowest BCUT2D eigenvalue weighted by Crippen LogP contribution is -2.48. The molecular weight excluding hydrogens is 394 g/mol. The van der Waals surface area contributed by atoms with Gasteiger partial charge in [0.05, 0.1) is 0 Å². The van der Waals surface area contributed by atoms with Crippen LogP contribution in [-0.4, -0.2) is 41.6 Å². The zero-order chi connectivity index (χ0) is 20.6. The molecule has 5 nitrogen and oxygen atoms in total. The molecule has 0 radical (unpaired) electrons.